The molecule has 0 fully saturated rings. The molecule has 2 atom stereocenters. The van der Waals surface area contributed by atoms with Gasteiger partial charge in [0.15, 0.2) is 0 Å². The highest BCUT2D eigenvalue weighted by Gasteiger charge is 2.32. The van der Waals surface area contributed by atoms with E-state index in [1.54, 1.807) is 6.07 Å². The molecule has 0 radical (unpaired) electrons. The molecular formula is C10H15BrO3. The predicted octanol–water partition coefficient (Wildman–Crippen LogP) is 2.48. The lowest BCUT2D eigenvalue weighted by Gasteiger charge is -2.29. The van der Waals surface area contributed by atoms with Crippen LogP contribution in [0, 0.1) is 5.41 Å². The predicted molar refractivity (Wildman–Crippen MR) is 56.8 cm³/mol. The number of aliphatic hydroxyl groups is 2. The second-order valence-electron chi connectivity index (χ2n) is 4.39. The van der Waals surface area contributed by atoms with E-state index in [0.29, 0.717) is 10.2 Å². The van der Waals surface area contributed by atoms with Crippen molar-refractivity contribution in [1.82, 2.24) is 0 Å². The Morgan fingerprint density at radius 2 is 1.93 bits per heavy atom. The summed E-state index contributed by atoms with van der Waals surface area (Å²) in [6.07, 6.45) is -0.387. The molecule has 0 saturated carbocycles. The molecule has 3 nitrogen and oxygen atoms in total. The first kappa shape index (κ1) is 11.8. The van der Waals surface area contributed by atoms with Gasteiger partial charge >= 0.3 is 0 Å². The topological polar surface area (TPSA) is 53.6 Å². The van der Waals surface area contributed by atoms with E-state index in [0.717, 1.165) is 0 Å². The third-order valence-corrected chi connectivity index (χ3v) is 2.75. The van der Waals surface area contributed by atoms with Crippen molar-refractivity contribution in [3.8, 4) is 0 Å². The fourth-order valence-corrected chi connectivity index (χ4v) is 1.57. The number of hydrogen-bond donors (Lipinski definition) is 2. The SMILES string of the molecule is CC(C)(C)C(O)C(O)c1occc1Br. The summed E-state index contributed by atoms with van der Waals surface area (Å²) in [6.45, 7) is 5.58. The second-order valence-corrected chi connectivity index (χ2v) is 5.24. The van der Waals surface area contributed by atoms with Gasteiger partial charge < -0.3 is 14.6 Å². The highest BCUT2D eigenvalue weighted by Crippen LogP contribution is 2.33. The van der Waals surface area contributed by atoms with Gasteiger partial charge in [0.25, 0.3) is 0 Å². The smallest absolute Gasteiger partial charge is 0.149 e. The highest BCUT2D eigenvalue weighted by atomic mass is 79.9. The molecule has 1 aromatic rings. The third-order valence-electron chi connectivity index (χ3n) is 2.10. The molecule has 4 heteroatoms. The Morgan fingerprint density at radius 3 is 2.29 bits per heavy atom. The van der Waals surface area contributed by atoms with E-state index in [-0.39, 0.29) is 5.41 Å². The molecule has 0 aliphatic heterocycles. The molecular weight excluding hydrogens is 248 g/mol. The van der Waals surface area contributed by atoms with Crippen LogP contribution in [0.3, 0.4) is 0 Å². The molecule has 2 unspecified atom stereocenters. The Labute approximate surface area is 91.9 Å². The van der Waals surface area contributed by atoms with Crippen LogP contribution in [0.4, 0.5) is 0 Å². The first-order valence-corrected chi connectivity index (χ1v) is 5.22. The summed E-state index contributed by atoms with van der Waals surface area (Å²) in [5, 5.41) is 19.6. The van der Waals surface area contributed by atoms with Gasteiger partial charge in [0.1, 0.15) is 11.9 Å². The van der Waals surface area contributed by atoms with Crippen molar-refractivity contribution >= 4 is 15.9 Å². The summed E-state index contributed by atoms with van der Waals surface area (Å²) < 4.78 is 5.76. The minimum atomic E-state index is -1.00. The lowest BCUT2D eigenvalue weighted by molar-refractivity contribution is -0.0551. The van der Waals surface area contributed by atoms with Crippen LogP contribution < -0.4 is 0 Å². The van der Waals surface area contributed by atoms with Gasteiger partial charge in [-0.15, -0.1) is 0 Å². The normalized spacial score (nSPS) is 16.7. The summed E-state index contributed by atoms with van der Waals surface area (Å²) in [5.41, 5.74) is -0.383. The Balaban J connectivity index is 2.86. The van der Waals surface area contributed by atoms with E-state index in [4.69, 9.17) is 4.42 Å². The Morgan fingerprint density at radius 1 is 1.36 bits per heavy atom. The van der Waals surface area contributed by atoms with Crippen LogP contribution >= 0.6 is 15.9 Å². The number of aliphatic hydroxyl groups excluding tert-OH is 2. The molecule has 0 amide bonds. The summed E-state index contributed by atoms with van der Waals surface area (Å²) >= 11 is 3.24. The Bertz CT molecular complexity index is 301. The molecule has 14 heavy (non-hydrogen) atoms. The molecule has 0 saturated heterocycles. The van der Waals surface area contributed by atoms with Gasteiger partial charge in [0.05, 0.1) is 16.8 Å². The van der Waals surface area contributed by atoms with Crippen LogP contribution in [-0.4, -0.2) is 16.3 Å². The van der Waals surface area contributed by atoms with Crippen LogP contribution in [0.5, 0.6) is 0 Å². The largest absolute Gasteiger partial charge is 0.465 e. The van der Waals surface area contributed by atoms with Crippen molar-refractivity contribution in [3.63, 3.8) is 0 Å². The summed E-state index contributed by atoms with van der Waals surface area (Å²) in [6, 6.07) is 1.69. The zero-order valence-corrected chi connectivity index (χ0v) is 10.1. The van der Waals surface area contributed by atoms with Crippen molar-refractivity contribution in [3.05, 3.63) is 22.6 Å². The molecule has 1 rings (SSSR count). The second kappa shape index (κ2) is 4.04. The molecule has 0 aromatic carbocycles. The van der Waals surface area contributed by atoms with Crippen LogP contribution in [0.25, 0.3) is 0 Å². The number of hydrogen-bond acceptors (Lipinski definition) is 3. The maximum absolute atomic E-state index is 9.82. The first-order valence-electron chi connectivity index (χ1n) is 4.43. The third kappa shape index (κ3) is 2.38. The molecule has 1 aromatic heterocycles. The van der Waals surface area contributed by atoms with E-state index >= 15 is 0 Å². The minimum absolute atomic E-state index is 0.368. The minimum Gasteiger partial charge on any atom is -0.465 e. The number of furan rings is 1. The fourth-order valence-electron chi connectivity index (χ4n) is 1.13. The standard InChI is InChI=1S/C10H15BrO3/c1-10(2,3)9(13)7(12)8-6(11)4-5-14-8/h4-5,7,9,12-13H,1-3H3. The van der Waals surface area contributed by atoms with Crippen molar-refractivity contribution in [2.45, 2.75) is 33.0 Å². The lowest BCUT2D eigenvalue weighted by atomic mass is 9.85. The molecule has 0 aliphatic rings. The van der Waals surface area contributed by atoms with E-state index in [1.807, 2.05) is 20.8 Å². The average molecular weight is 263 g/mol. The highest BCUT2D eigenvalue weighted by molar-refractivity contribution is 9.10. The molecule has 80 valence electrons. The quantitative estimate of drug-likeness (QED) is 0.861. The van der Waals surface area contributed by atoms with Gasteiger partial charge in [0.2, 0.25) is 0 Å². The van der Waals surface area contributed by atoms with E-state index < -0.39 is 12.2 Å². The number of rotatable bonds is 2. The zero-order valence-electron chi connectivity index (χ0n) is 8.49. The molecule has 2 N–H and O–H groups in total. The van der Waals surface area contributed by atoms with Crippen LogP contribution in [0.2, 0.25) is 0 Å². The average Bonchev–Trinajstić information content (AvgIpc) is 2.47. The van der Waals surface area contributed by atoms with E-state index in [9.17, 15) is 10.2 Å². The Kier molecular flexibility index (Phi) is 3.40. The molecule has 0 aliphatic carbocycles. The lowest BCUT2D eigenvalue weighted by Crippen LogP contribution is -2.32. The molecule has 0 bridgehead atoms. The van der Waals surface area contributed by atoms with E-state index in [1.165, 1.54) is 6.26 Å². The van der Waals surface area contributed by atoms with Gasteiger partial charge in [-0.2, -0.15) is 0 Å². The van der Waals surface area contributed by atoms with Crippen molar-refractivity contribution < 1.29 is 14.6 Å². The first-order chi connectivity index (χ1) is 6.34. The van der Waals surface area contributed by atoms with Crippen molar-refractivity contribution in [2.24, 2.45) is 5.41 Å². The summed E-state index contributed by atoms with van der Waals surface area (Å²) in [7, 11) is 0. The fraction of sp³-hybridized carbons (Fsp3) is 0.600. The number of halogens is 1. The van der Waals surface area contributed by atoms with Crippen LogP contribution in [0.1, 0.15) is 32.6 Å². The van der Waals surface area contributed by atoms with E-state index in [2.05, 4.69) is 15.9 Å². The molecule has 1 heterocycles. The maximum Gasteiger partial charge on any atom is 0.149 e. The van der Waals surface area contributed by atoms with Gasteiger partial charge in [-0.05, 0) is 27.4 Å². The zero-order chi connectivity index (χ0) is 10.9. The van der Waals surface area contributed by atoms with Crippen LogP contribution in [0.15, 0.2) is 21.2 Å². The summed E-state index contributed by atoms with van der Waals surface area (Å²) in [5.74, 6) is 0.368. The van der Waals surface area contributed by atoms with Crippen molar-refractivity contribution in [2.75, 3.05) is 0 Å². The molecule has 0 spiro atoms. The van der Waals surface area contributed by atoms with Gasteiger partial charge in [-0.25, -0.2) is 0 Å². The van der Waals surface area contributed by atoms with Gasteiger partial charge in [0, 0.05) is 0 Å². The van der Waals surface area contributed by atoms with Crippen molar-refractivity contribution in [1.29, 1.82) is 0 Å². The van der Waals surface area contributed by atoms with Gasteiger partial charge in [-0.1, -0.05) is 20.8 Å². The Hall–Kier alpha value is -0.320. The monoisotopic (exact) mass is 262 g/mol. The van der Waals surface area contributed by atoms with Crippen LogP contribution in [-0.2, 0) is 0 Å². The maximum atomic E-state index is 9.82. The van der Waals surface area contributed by atoms with Gasteiger partial charge in [-0.3, -0.25) is 0 Å². The summed E-state index contributed by atoms with van der Waals surface area (Å²) in [4.78, 5) is 0.